The van der Waals surface area contributed by atoms with Crippen molar-refractivity contribution in [3.05, 3.63) is 108 Å². The Kier molecular flexibility index (Phi) is 5.89. The van der Waals surface area contributed by atoms with Gasteiger partial charge in [-0.2, -0.15) is 0 Å². The maximum atomic E-state index is 13.5. The molecule has 4 aromatic carbocycles. The summed E-state index contributed by atoms with van der Waals surface area (Å²) in [6, 6.07) is 28.6. The highest BCUT2D eigenvalue weighted by atomic mass is 32.2. The fraction of sp³-hybridized carbons (Fsp3) is 0.229. The van der Waals surface area contributed by atoms with Gasteiger partial charge in [0.25, 0.3) is 0 Å². The molecule has 2 aliphatic heterocycles. The van der Waals surface area contributed by atoms with Crippen LogP contribution in [0.3, 0.4) is 0 Å². The minimum atomic E-state index is -3.71. The van der Waals surface area contributed by atoms with Crippen molar-refractivity contribution < 1.29 is 17.9 Å². The second kappa shape index (κ2) is 9.33. The van der Waals surface area contributed by atoms with Gasteiger partial charge in [-0.05, 0) is 86.5 Å². The average molecular weight is 577 g/mol. The molecule has 1 unspecified atom stereocenters. The van der Waals surface area contributed by atoms with E-state index in [1.165, 1.54) is 21.8 Å². The maximum Gasteiger partial charge on any atom is 0.309 e. The Bertz CT molecular complexity index is 2020. The van der Waals surface area contributed by atoms with Crippen LogP contribution in [0.15, 0.2) is 107 Å². The molecule has 0 aliphatic carbocycles. The maximum absolute atomic E-state index is 13.5. The molecular formula is C35H32N2O4S. The van der Waals surface area contributed by atoms with Crippen LogP contribution in [0.5, 0.6) is 0 Å². The van der Waals surface area contributed by atoms with E-state index in [9.17, 15) is 13.2 Å². The zero-order chi connectivity index (χ0) is 29.3. The van der Waals surface area contributed by atoms with Crippen LogP contribution in [-0.4, -0.2) is 31.2 Å². The van der Waals surface area contributed by atoms with Crippen molar-refractivity contribution in [1.29, 1.82) is 0 Å². The molecule has 2 aliphatic rings. The van der Waals surface area contributed by atoms with Gasteiger partial charge >= 0.3 is 5.97 Å². The van der Waals surface area contributed by atoms with Gasteiger partial charge < -0.3 is 14.2 Å². The van der Waals surface area contributed by atoms with Gasteiger partial charge in [-0.3, -0.25) is 4.79 Å². The summed E-state index contributed by atoms with van der Waals surface area (Å²) in [7, 11) is -3.71. The molecule has 0 N–H and O–H groups in total. The molecule has 3 heterocycles. The number of nitrogens with zero attached hydrogens (tertiary/aromatic N) is 2. The number of hydrogen-bond donors (Lipinski definition) is 0. The van der Waals surface area contributed by atoms with Crippen LogP contribution >= 0.6 is 0 Å². The van der Waals surface area contributed by atoms with Gasteiger partial charge in [-0.25, -0.2) is 8.42 Å². The quantitative estimate of drug-likeness (QED) is 0.209. The number of anilines is 1. The van der Waals surface area contributed by atoms with E-state index in [2.05, 4.69) is 58.9 Å². The number of hydrogen-bond acceptors (Lipinski definition) is 5. The van der Waals surface area contributed by atoms with Gasteiger partial charge in [-0.15, -0.1) is 0 Å². The number of ether oxygens (including phenoxy) is 1. The van der Waals surface area contributed by atoms with Gasteiger partial charge in [0.05, 0.1) is 21.6 Å². The van der Waals surface area contributed by atoms with E-state index in [-0.39, 0.29) is 22.2 Å². The molecule has 0 radical (unpaired) electrons. The molecule has 7 rings (SSSR count). The Labute approximate surface area is 245 Å². The molecule has 1 atom stereocenters. The Balaban J connectivity index is 1.34. The summed E-state index contributed by atoms with van der Waals surface area (Å²) < 4.78 is 35.6. The first kappa shape index (κ1) is 26.5. The fourth-order valence-corrected chi connectivity index (χ4v) is 8.13. The third-order valence-corrected chi connectivity index (χ3v) is 10.8. The third kappa shape index (κ3) is 3.69. The smallest absolute Gasteiger partial charge is 0.309 e. The molecule has 0 bridgehead atoms. The molecule has 5 aromatic rings. The normalized spacial score (nSPS) is 19.8. The van der Waals surface area contributed by atoms with Crippen LogP contribution < -0.4 is 4.90 Å². The lowest BCUT2D eigenvalue weighted by Gasteiger charge is -2.47. The van der Waals surface area contributed by atoms with Crippen LogP contribution in [0.4, 0.5) is 5.69 Å². The Hall–Kier alpha value is -4.36. The first-order valence-electron chi connectivity index (χ1n) is 14.3. The Morgan fingerprint density at radius 2 is 1.60 bits per heavy atom. The number of sulfone groups is 1. The molecule has 1 fully saturated rings. The predicted molar refractivity (Wildman–Crippen MR) is 166 cm³/mol. The van der Waals surface area contributed by atoms with E-state index >= 15 is 0 Å². The SMILES string of the molecule is CCn1c2ccccc2c2cc(/C=C/C34OC(=O)CCN3c3ccc(S(=O)(=O)c5ccccc5)cc3C4(C)C)ccc21. The molecule has 42 heavy (non-hydrogen) atoms. The van der Waals surface area contributed by atoms with E-state index in [0.717, 1.165) is 23.4 Å². The van der Waals surface area contributed by atoms with Crippen LogP contribution in [0, 0.1) is 0 Å². The molecule has 0 amide bonds. The molecule has 7 heteroatoms. The topological polar surface area (TPSA) is 68.6 Å². The lowest BCUT2D eigenvalue weighted by atomic mass is 9.76. The van der Waals surface area contributed by atoms with E-state index in [1.54, 1.807) is 42.5 Å². The van der Waals surface area contributed by atoms with Crippen molar-refractivity contribution in [3.8, 4) is 0 Å². The first-order chi connectivity index (χ1) is 20.2. The second-order valence-corrected chi connectivity index (χ2v) is 13.5. The van der Waals surface area contributed by atoms with Crippen molar-refractivity contribution in [2.45, 2.75) is 54.7 Å². The third-order valence-electron chi connectivity index (χ3n) is 9.02. The van der Waals surface area contributed by atoms with E-state index in [1.807, 2.05) is 32.1 Å². The van der Waals surface area contributed by atoms with Crippen molar-refractivity contribution in [2.75, 3.05) is 11.4 Å². The van der Waals surface area contributed by atoms with Crippen LogP contribution in [0.25, 0.3) is 27.9 Å². The minimum absolute atomic E-state index is 0.226. The highest BCUT2D eigenvalue weighted by molar-refractivity contribution is 7.91. The van der Waals surface area contributed by atoms with Crippen LogP contribution in [-0.2, 0) is 31.3 Å². The highest BCUT2D eigenvalue weighted by Crippen LogP contribution is 2.55. The number of aryl methyl sites for hydroxylation is 1. The van der Waals surface area contributed by atoms with Gasteiger partial charge in [0, 0.05) is 40.6 Å². The second-order valence-electron chi connectivity index (χ2n) is 11.6. The number of carbonyl (C=O) groups is 1. The molecule has 0 spiro atoms. The monoisotopic (exact) mass is 576 g/mol. The number of carbonyl (C=O) groups excluding carboxylic acids is 1. The Morgan fingerprint density at radius 3 is 2.38 bits per heavy atom. The number of fused-ring (bicyclic) bond motifs is 6. The van der Waals surface area contributed by atoms with Gasteiger partial charge in [0.2, 0.25) is 15.6 Å². The largest absolute Gasteiger partial charge is 0.434 e. The molecule has 0 saturated carbocycles. The number of benzene rings is 4. The minimum Gasteiger partial charge on any atom is -0.434 e. The fourth-order valence-electron chi connectivity index (χ4n) is 6.82. The van der Waals surface area contributed by atoms with Crippen molar-refractivity contribution in [3.63, 3.8) is 0 Å². The van der Waals surface area contributed by atoms with Crippen molar-refractivity contribution in [2.24, 2.45) is 0 Å². The molecule has 6 nitrogen and oxygen atoms in total. The highest BCUT2D eigenvalue weighted by Gasteiger charge is 2.60. The van der Waals surface area contributed by atoms with E-state index < -0.39 is 21.0 Å². The number of para-hydroxylation sites is 1. The van der Waals surface area contributed by atoms with Crippen molar-refractivity contribution >= 4 is 49.4 Å². The number of esters is 1. The summed E-state index contributed by atoms with van der Waals surface area (Å²) >= 11 is 0. The van der Waals surface area contributed by atoms with Crippen molar-refractivity contribution in [1.82, 2.24) is 4.57 Å². The lowest BCUT2D eigenvalue weighted by Crippen LogP contribution is -2.60. The van der Waals surface area contributed by atoms with E-state index in [4.69, 9.17) is 4.74 Å². The van der Waals surface area contributed by atoms with Crippen LogP contribution in [0.2, 0.25) is 0 Å². The van der Waals surface area contributed by atoms with Gasteiger partial charge in [-0.1, -0.05) is 48.5 Å². The summed E-state index contributed by atoms with van der Waals surface area (Å²) in [6.07, 6.45) is 4.27. The van der Waals surface area contributed by atoms with Crippen LogP contribution in [0.1, 0.15) is 38.3 Å². The summed E-state index contributed by atoms with van der Waals surface area (Å²) in [4.78, 5) is 15.4. The zero-order valence-electron chi connectivity index (χ0n) is 23.9. The molecule has 1 saturated heterocycles. The van der Waals surface area contributed by atoms with Gasteiger partial charge in [0.1, 0.15) is 0 Å². The number of aromatic nitrogens is 1. The zero-order valence-corrected chi connectivity index (χ0v) is 24.7. The Morgan fingerprint density at radius 1 is 0.857 bits per heavy atom. The standard InChI is InChI=1S/C35H32N2O4S/c1-4-36-30-13-9-8-12-27(30)28-22-24(14-16-31(28)36)18-20-35-34(2,3)29-23-26(42(39,40)25-10-6-5-7-11-25)15-17-32(29)37(35)21-19-33(38)41-35/h5-18,20,22-23H,4,19,21H2,1-3H3/b20-18+. The molecule has 212 valence electrons. The predicted octanol–water partition coefficient (Wildman–Crippen LogP) is 7.10. The molecular weight excluding hydrogens is 544 g/mol. The number of rotatable bonds is 5. The average Bonchev–Trinajstić information content (AvgIpc) is 3.42. The summed E-state index contributed by atoms with van der Waals surface area (Å²) in [6.45, 7) is 7.55. The first-order valence-corrected chi connectivity index (χ1v) is 15.8. The summed E-state index contributed by atoms with van der Waals surface area (Å²) in [5.41, 5.74) is 3.25. The summed E-state index contributed by atoms with van der Waals surface area (Å²) in [5, 5.41) is 2.38. The van der Waals surface area contributed by atoms with E-state index in [0.29, 0.717) is 6.54 Å². The van der Waals surface area contributed by atoms with Gasteiger partial charge in [0.15, 0.2) is 0 Å². The summed E-state index contributed by atoms with van der Waals surface area (Å²) in [5.74, 6) is -0.268. The lowest BCUT2D eigenvalue weighted by molar-refractivity contribution is -0.164. The molecule has 1 aromatic heterocycles.